The van der Waals surface area contributed by atoms with Crippen LogP contribution in [0.5, 0.6) is 0 Å². The normalized spacial score (nSPS) is 50.7. The minimum absolute atomic E-state index is 0.108. The first-order chi connectivity index (χ1) is 13.7. The number of rotatable bonds is 5. The molecule has 0 saturated heterocycles. The Morgan fingerprint density at radius 3 is 2.28 bits per heavy atom. The van der Waals surface area contributed by atoms with Gasteiger partial charge in [-0.15, -0.1) is 0 Å². The van der Waals surface area contributed by atoms with E-state index in [1.165, 1.54) is 57.8 Å². The summed E-state index contributed by atoms with van der Waals surface area (Å²) in [5.41, 5.74) is 0.614. The van der Waals surface area contributed by atoms with Crippen molar-refractivity contribution in [3.8, 4) is 0 Å². The van der Waals surface area contributed by atoms with Crippen LogP contribution < -0.4 is 0 Å². The predicted octanol–water partition coefficient (Wildman–Crippen LogP) is 6.44. The molecule has 4 aliphatic rings. The highest BCUT2D eigenvalue weighted by molar-refractivity contribution is 5.12. The van der Waals surface area contributed by atoms with E-state index >= 15 is 0 Å². The van der Waals surface area contributed by atoms with Gasteiger partial charge in [0.2, 0.25) is 0 Å². The highest BCUT2D eigenvalue weighted by Crippen LogP contribution is 2.68. The van der Waals surface area contributed by atoms with E-state index in [-0.39, 0.29) is 17.6 Å². The molecule has 29 heavy (non-hydrogen) atoms. The van der Waals surface area contributed by atoms with Gasteiger partial charge in [0.05, 0.1) is 12.2 Å². The molecule has 0 heterocycles. The Balaban J connectivity index is 1.54. The molecule has 4 fully saturated rings. The minimum atomic E-state index is -0.133. The molecule has 2 N–H and O–H groups in total. The van der Waals surface area contributed by atoms with Gasteiger partial charge in [-0.1, -0.05) is 66.7 Å². The Morgan fingerprint density at radius 1 is 0.793 bits per heavy atom. The second-order valence-corrected chi connectivity index (χ2v) is 12.7. The standard InChI is InChI=1S/C27H48O2/c1-17(2)9-8-10-18(3)25-24(29)16-22-19-15-23(28)21-11-6-7-13-26(21,4)20(19)12-14-27(22,25)5/h17-25,28-29H,6-16H2,1-5H3/t18-,19-,20+,21?,22+,23?,24?,25+,26-,27+/m1/s1. The number of hydrogen-bond donors (Lipinski definition) is 2. The highest BCUT2D eigenvalue weighted by atomic mass is 16.3. The molecule has 0 spiro atoms. The summed E-state index contributed by atoms with van der Waals surface area (Å²) >= 11 is 0. The average Bonchev–Trinajstić information content (AvgIpc) is 2.92. The predicted molar refractivity (Wildman–Crippen MR) is 120 cm³/mol. The van der Waals surface area contributed by atoms with Gasteiger partial charge in [-0.3, -0.25) is 0 Å². The van der Waals surface area contributed by atoms with E-state index in [4.69, 9.17) is 0 Å². The first-order valence-electron chi connectivity index (χ1n) is 13.0. The van der Waals surface area contributed by atoms with Crippen molar-refractivity contribution in [1.29, 1.82) is 0 Å². The van der Waals surface area contributed by atoms with Gasteiger partial charge in [0.25, 0.3) is 0 Å². The average molecular weight is 405 g/mol. The molecule has 0 aliphatic heterocycles. The second kappa shape index (κ2) is 8.12. The molecule has 2 heteroatoms. The molecule has 0 aromatic heterocycles. The lowest BCUT2D eigenvalue weighted by atomic mass is 9.44. The topological polar surface area (TPSA) is 40.5 Å². The van der Waals surface area contributed by atoms with E-state index < -0.39 is 0 Å². The SMILES string of the molecule is CC(C)CCC[C@@H](C)[C@H]1C(O)C[C@H]2[C@@H]3CC(O)C4CCCC[C@]4(C)[C@H]3CC[C@]12C. The van der Waals surface area contributed by atoms with Crippen LogP contribution in [0.2, 0.25) is 0 Å². The molecule has 3 unspecified atom stereocenters. The van der Waals surface area contributed by atoms with Crippen molar-refractivity contribution in [2.45, 2.75) is 117 Å². The maximum absolute atomic E-state index is 11.3. The lowest BCUT2D eigenvalue weighted by Crippen LogP contribution is -2.57. The smallest absolute Gasteiger partial charge is 0.0579 e. The Bertz CT molecular complexity index is 573. The Morgan fingerprint density at radius 2 is 1.55 bits per heavy atom. The summed E-state index contributed by atoms with van der Waals surface area (Å²) in [6.45, 7) is 12.1. The number of aliphatic hydroxyl groups excluding tert-OH is 2. The van der Waals surface area contributed by atoms with Crippen molar-refractivity contribution in [3.05, 3.63) is 0 Å². The third-order valence-electron chi connectivity index (χ3n) is 10.8. The van der Waals surface area contributed by atoms with Crippen molar-refractivity contribution >= 4 is 0 Å². The fourth-order valence-corrected chi connectivity index (χ4v) is 9.46. The summed E-state index contributed by atoms with van der Waals surface area (Å²) in [5.74, 6) is 4.39. The van der Waals surface area contributed by atoms with Gasteiger partial charge in [0.15, 0.2) is 0 Å². The van der Waals surface area contributed by atoms with Gasteiger partial charge in [-0.05, 0) is 90.8 Å². The summed E-state index contributed by atoms with van der Waals surface area (Å²) in [6.07, 6.45) is 13.5. The summed E-state index contributed by atoms with van der Waals surface area (Å²) < 4.78 is 0. The van der Waals surface area contributed by atoms with E-state index in [0.29, 0.717) is 35.0 Å². The van der Waals surface area contributed by atoms with Gasteiger partial charge in [-0.25, -0.2) is 0 Å². The van der Waals surface area contributed by atoms with Crippen LogP contribution in [0.1, 0.15) is 105 Å². The van der Waals surface area contributed by atoms with Crippen molar-refractivity contribution < 1.29 is 10.2 Å². The molecule has 168 valence electrons. The molecule has 10 atom stereocenters. The van der Waals surface area contributed by atoms with Gasteiger partial charge in [0, 0.05) is 0 Å². The largest absolute Gasteiger partial charge is 0.393 e. The van der Waals surface area contributed by atoms with Gasteiger partial charge < -0.3 is 10.2 Å². The summed E-state index contributed by atoms with van der Waals surface area (Å²) in [5, 5.41) is 22.4. The van der Waals surface area contributed by atoms with Crippen LogP contribution in [-0.4, -0.2) is 22.4 Å². The van der Waals surface area contributed by atoms with E-state index in [0.717, 1.165) is 24.7 Å². The molecule has 4 rings (SSSR count). The first kappa shape index (κ1) is 22.1. The Labute approximate surface area is 180 Å². The van der Waals surface area contributed by atoms with Gasteiger partial charge in [0.1, 0.15) is 0 Å². The van der Waals surface area contributed by atoms with Crippen LogP contribution >= 0.6 is 0 Å². The maximum atomic E-state index is 11.3. The lowest BCUT2D eigenvalue weighted by molar-refractivity contribution is -0.159. The third kappa shape index (κ3) is 3.63. The molecular formula is C27H48O2. The number of hydrogen-bond acceptors (Lipinski definition) is 2. The van der Waals surface area contributed by atoms with Gasteiger partial charge >= 0.3 is 0 Å². The molecule has 0 aromatic carbocycles. The van der Waals surface area contributed by atoms with Crippen molar-refractivity contribution in [2.24, 2.45) is 52.3 Å². The summed E-state index contributed by atoms with van der Waals surface area (Å²) in [6, 6.07) is 0. The molecule has 0 aromatic rings. The zero-order chi connectivity index (χ0) is 21.0. The van der Waals surface area contributed by atoms with Crippen LogP contribution in [-0.2, 0) is 0 Å². The minimum Gasteiger partial charge on any atom is -0.393 e. The van der Waals surface area contributed by atoms with Crippen LogP contribution in [0.4, 0.5) is 0 Å². The molecule has 0 radical (unpaired) electrons. The third-order valence-corrected chi connectivity index (χ3v) is 10.8. The van der Waals surface area contributed by atoms with E-state index in [1.54, 1.807) is 0 Å². The molecule has 4 aliphatic carbocycles. The first-order valence-corrected chi connectivity index (χ1v) is 13.0. The van der Waals surface area contributed by atoms with E-state index in [1.807, 2.05) is 0 Å². The molecule has 0 bridgehead atoms. The molecule has 0 amide bonds. The van der Waals surface area contributed by atoms with Crippen molar-refractivity contribution in [2.75, 3.05) is 0 Å². The quantitative estimate of drug-likeness (QED) is 0.553. The fraction of sp³-hybridized carbons (Fsp3) is 1.00. The molecule has 4 saturated carbocycles. The number of aliphatic hydroxyl groups is 2. The summed E-state index contributed by atoms with van der Waals surface area (Å²) in [4.78, 5) is 0. The van der Waals surface area contributed by atoms with Gasteiger partial charge in [-0.2, -0.15) is 0 Å². The second-order valence-electron chi connectivity index (χ2n) is 12.7. The Kier molecular flexibility index (Phi) is 6.19. The van der Waals surface area contributed by atoms with Crippen LogP contribution in [0, 0.1) is 52.3 Å². The van der Waals surface area contributed by atoms with E-state index in [9.17, 15) is 10.2 Å². The zero-order valence-corrected chi connectivity index (χ0v) is 19.9. The van der Waals surface area contributed by atoms with Crippen LogP contribution in [0.3, 0.4) is 0 Å². The van der Waals surface area contributed by atoms with Crippen molar-refractivity contribution in [3.63, 3.8) is 0 Å². The summed E-state index contributed by atoms with van der Waals surface area (Å²) in [7, 11) is 0. The van der Waals surface area contributed by atoms with Crippen molar-refractivity contribution in [1.82, 2.24) is 0 Å². The maximum Gasteiger partial charge on any atom is 0.0579 e. The fourth-order valence-electron chi connectivity index (χ4n) is 9.46. The lowest BCUT2D eigenvalue weighted by Gasteiger charge is -2.62. The highest BCUT2D eigenvalue weighted by Gasteiger charge is 2.63. The molecule has 2 nitrogen and oxygen atoms in total. The number of fused-ring (bicyclic) bond motifs is 5. The van der Waals surface area contributed by atoms with Crippen LogP contribution in [0.25, 0.3) is 0 Å². The monoisotopic (exact) mass is 404 g/mol. The van der Waals surface area contributed by atoms with Crippen LogP contribution in [0.15, 0.2) is 0 Å². The molecular weight excluding hydrogens is 356 g/mol. The van der Waals surface area contributed by atoms with E-state index in [2.05, 4.69) is 34.6 Å². The zero-order valence-electron chi connectivity index (χ0n) is 19.9. The Hall–Kier alpha value is -0.0800.